The number of thiocarbonyl (C=S) groups is 1. The summed E-state index contributed by atoms with van der Waals surface area (Å²) in [6.45, 7) is 4.52. The van der Waals surface area contributed by atoms with E-state index >= 15 is 0 Å². The van der Waals surface area contributed by atoms with Crippen molar-refractivity contribution in [2.24, 2.45) is 5.73 Å². The Balaban J connectivity index is 3.25. The first-order chi connectivity index (χ1) is 7.22. The number of rotatable bonds is 10. The lowest BCUT2D eigenvalue weighted by Crippen LogP contribution is -2.29. The van der Waals surface area contributed by atoms with E-state index in [0.717, 1.165) is 19.4 Å². The second-order valence-corrected chi connectivity index (χ2v) is 3.60. The van der Waals surface area contributed by atoms with Gasteiger partial charge in [-0.05, 0) is 12.8 Å². The molecule has 0 fully saturated rings. The van der Waals surface area contributed by atoms with Gasteiger partial charge in [-0.1, -0.05) is 19.1 Å². The summed E-state index contributed by atoms with van der Waals surface area (Å²) >= 11 is 4.85. The lowest BCUT2D eigenvalue weighted by Gasteiger charge is -2.14. The highest BCUT2D eigenvalue weighted by Crippen LogP contribution is 1.98. The standard InChI is InChI=1S/C10H21NO3S/c1-3-9(10(11)15)14-8-7-13-6-4-5-12-2/h9H,3-8H2,1-2H3,(H2,11,15). The summed E-state index contributed by atoms with van der Waals surface area (Å²) in [5.41, 5.74) is 5.48. The fourth-order valence-corrected chi connectivity index (χ4v) is 1.29. The van der Waals surface area contributed by atoms with Gasteiger partial charge in [0.2, 0.25) is 0 Å². The molecule has 0 saturated carbocycles. The lowest BCUT2D eigenvalue weighted by molar-refractivity contribution is 0.0239. The summed E-state index contributed by atoms with van der Waals surface area (Å²) in [4.78, 5) is 0.414. The SMILES string of the molecule is CCC(OCCOCCCOC)C(N)=S. The molecule has 0 aromatic carbocycles. The predicted octanol–water partition coefficient (Wildman–Crippen LogP) is 1.12. The summed E-state index contributed by atoms with van der Waals surface area (Å²) in [5.74, 6) is 0. The van der Waals surface area contributed by atoms with Crippen molar-refractivity contribution in [3.63, 3.8) is 0 Å². The minimum absolute atomic E-state index is 0.123. The van der Waals surface area contributed by atoms with E-state index in [0.29, 0.717) is 24.8 Å². The molecular weight excluding hydrogens is 214 g/mol. The minimum atomic E-state index is -0.123. The summed E-state index contributed by atoms with van der Waals surface area (Å²) < 4.78 is 15.6. The quantitative estimate of drug-likeness (QED) is 0.454. The molecule has 0 bridgehead atoms. The van der Waals surface area contributed by atoms with Gasteiger partial charge in [0, 0.05) is 20.3 Å². The van der Waals surface area contributed by atoms with Gasteiger partial charge >= 0.3 is 0 Å². The molecule has 0 aliphatic carbocycles. The van der Waals surface area contributed by atoms with Crippen LogP contribution in [0.3, 0.4) is 0 Å². The van der Waals surface area contributed by atoms with E-state index in [9.17, 15) is 0 Å². The molecule has 1 atom stereocenters. The third-order valence-electron chi connectivity index (χ3n) is 1.87. The van der Waals surface area contributed by atoms with Crippen molar-refractivity contribution in [2.75, 3.05) is 33.5 Å². The molecule has 4 nitrogen and oxygen atoms in total. The van der Waals surface area contributed by atoms with Gasteiger partial charge in [0.25, 0.3) is 0 Å². The second kappa shape index (κ2) is 10.3. The topological polar surface area (TPSA) is 53.7 Å². The van der Waals surface area contributed by atoms with Crippen molar-refractivity contribution in [2.45, 2.75) is 25.9 Å². The van der Waals surface area contributed by atoms with Crippen LogP contribution in [0.5, 0.6) is 0 Å². The Labute approximate surface area is 97.1 Å². The van der Waals surface area contributed by atoms with E-state index in [4.69, 9.17) is 32.2 Å². The van der Waals surface area contributed by atoms with Crippen LogP contribution in [0.1, 0.15) is 19.8 Å². The number of nitrogens with two attached hydrogens (primary N) is 1. The molecule has 15 heavy (non-hydrogen) atoms. The molecule has 0 radical (unpaired) electrons. The van der Waals surface area contributed by atoms with Crippen molar-refractivity contribution < 1.29 is 14.2 Å². The maximum Gasteiger partial charge on any atom is 0.107 e. The monoisotopic (exact) mass is 235 g/mol. The molecule has 0 aliphatic heterocycles. The van der Waals surface area contributed by atoms with Crippen LogP contribution >= 0.6 is 12.2 Å². The Morgan fingerprint density at radius 1 is 1.27 bits per heavy atom. The number of hydrogen-bond acceptors (Lipinski definition) is 4. The average molecular weight is 235 g/mol. The van der Waals surface area contributed by atoms with Crippen LogP contribution in [-0.2, 0) is 14.2 Å². The first kappa shape index (κ1) is 14.8. The van der Waals surface area contributed by atoms with Gasteiger partial charge in [-0.3, -0.25) is 0 Å². The van der Waals surface area contributed by atoms with Crippen molar-refractivity contribution in [1.29, 1.82) is 0 Å². The zero-order valence-corrected chi connectivity index (χ0v) is 10.3. The number of methoxy groups -OCH3 is 1. The Morgan fingerprint density at radius 2 is 2.00 bits per heavy atom. The fourth-order valence-electron chi connectivity index (χ4n) is 1.06. The van der Waals surface area contributed by atoms with Crippen LogP contribution < -0.4 is 5.73 Å². The van der Waals surface area contributed by atoms with Crippen molar-refractivity contribution in [3.8, 4) is 0 Å². The van der Waals surface area contributed by atoms with Gasteiger partial charge in [-0.2, -0.15) is 0 Å². The normalized spacial score (nSPS) is 12.7. The number of hydrogen-bond donors (Lipinski definition) is 1. The third-order valence-corrected chi connectivity index (χ3v) is 2.13. The second-order valence-electron chi connectivity index (χ2n) is 3.13. The summed E-state index contributed by atoms with van der Waals surface area (Å²) in [6.07, 6.45) is 1.59. The van der Waals surface area contributed by atoms with Crippen molar-refractivity contribution in [1.82, 2.24) is 0 Å². The molecule has 2 N–H and O–H groups in total. The molecule has 1 unspecified atom stereocenters. The Kier molecular flexibility index (Phi) is 10.1. The van der Waals surface area contributed by atoms with E-state index in [-0.39, 0.29) is 6.10 Å². The van der Waals surface area contributed by atoms with E-state index in [1.165, 1.54) is 0 Å². The average Bonchev–Trinajstić information content (AvgIpc) is 2.21. The Bertz CT molecular complexity index is 167. The molecule has 5 heteroatoms. The van der Waals surface area contributed by atoms with Crippen LogP contribution in [-0.4, -0.2) is 44.6 Å². The molecule has 0 rings (SSSR count). The van der Waals surface area contributed by atoms with E-state index in [2.05, 4.69) is 0 Å². The maximum absolute atomic E-state index is 5.48. The van der Waals surface area contributed by atoms with Crippen LogP contribution in [0, 0.1) is 0 Å². The van der Waals surface area contributed by atoms with Crippen LogP contribution in [0.25, 0.3) is 0 Å². The highest BCUT2D eigenvalue weighted by atomic mass is 32.1. The molecule has 0 aliphatic rings. The number of ether oxygens (including phenoxy) is 3. The predicted molar refractivity (Wildman–Crippen MR) is 64.1 cm³/mol. The van der Waals surface area contributed by atoms with Crippen LogP contribution in [0.2, 0.25) is 0 Å². The summed E-state index contributed by atoms with van der Waals surface area (Å²) in [5, 5.41) is 0. The first-order valence-electron chi connectivity index (χ1n) is 5.20. The third kappa shape index (κ3) is 8.74. The molecule has 0 aromatic heterocycles. The molecule has 0 amide bonds. The Hall–Kier alpha value is -0.230. The molecule has 0 aromatic rings. The molecular formula is C10H21NO3S. The van der Waals surface area contributed by atoms with Gasteiger partial charge in [0.05, 0.1) is 13.2 Å². The zero-order valence-electron chi connectivity index (χ0n) is 9.53. The lowest BCUT2D eigenvalue weighted by atomic mass is 10.3. The molecule has 90 valence electrons. The highest BCUT2D eigenvalue weighted by molar-refractivity contribution is 7.80. The van der Waals surface area contributed by atoms with Crippen molar-refractivity contribution >= 4 is 17.2 Å². The zero-order chi connectivity index (χ0) is 11.5. The van der Waals surface area contributed by atoms with Gasteiger partial charge in [-0.25, -0.2) is 0 Å². The van der Waals surface area contributed by atoms with Crippen LogP contribution in [0.15, 0.2) is 0 Å². The summed E-state index contributed by atoms with van der Waals surface area (Å²) in [7, 11) is 1.68. The van der Waals surface area contributed by atoms with Gasteiger partial charge < -0.3 is 19.9 Å². The first-order valence-corrected chi connectivity index (χ1v) is 5.60. The summed E-state index contributed by atoms with van der Waals surface area (Å²) in [6, 6.07) is 0. The van der Waals surface area contributed by atoms with Gasteiger partial charge in [0.15, 0.2) is 0 Å². The minimum Gasteiger partial charge on any atom is -0.391 e. The maximum atomic E-state index is 5.48. The highest BCUT2D eigenvalue weighted by Gasteiger charge is 2.08. The smallest absolute Gasteiger partial charge is 0.107 e. The van der Waals surface area contributed by atoms with Gasteiger partial charge in [0.1, 0.15) is 11.1 Å². The Morgan fingerprint density at radius 3 is 2.53 bits per heavy atom. The van der Waals surface area contributed by atoms with E-state index in [1.807, 2.05) is 6.92 Å². The van der Waals surface area contributed by atoms with Crippen LogP contribution in [0.4, 0.5) is 0 Å². The van der Waals surface area contributed by atoms with E-state index in [1.54, 1.807) is 7.11 Å². The molecule has 0 saturated heterocycles. The van der Waals surface area contributed by atoms with Crippen molar-refractivity contribution in [3.05, 3.63) is 0 Å². The molecule has 0 spiro atoms. The molecule has 0 heterocycles. The van der Waals surface area contributed by atoms with E-state index < -0.39 is 0 Å². The van der Waals surface area contributed by atoms with Gasteiger partial charge in [-0.15, -0.1) is 0 Å². The largest absolute Gasteiger partial charge is 0.391 e. The fraction of sp³-hybridized carbons (Fsp3) is 0.900.